The van der Waals surface area contributed by atoms with E-state index in [4.69, 9.17) is 10.5 Å². The summed E-state index contributed by atoms with van der Waals surface area (Å²) < 4.78 is 30.6. The molecule has 1 atom stereocenters. The number of carbonyl (C=O) groups excluding carboxylic acids is 1. The van der Waals surface area contributed by atoms with E-state index in [0.29, 0.717) is 5.69 Å². The summed E-state index contributed by atoms with van der Waals surface area (Å²) in [4.78, 5) is 11.0. The van der Waals surface area contributed by atoms with Crippen molar-refractivity contribution in [2.45, 2.75) is 17.9 Å². The summed E-state index contributed by atoms with van der Waals surface area (Å²) in [6.07, 6.45) is 0. The largest absolute Gasteiger partial charge is 0.495 e. The van der Waals surface area contributed by atoms with Gasteiger partial charge in [0.05, 0.1) is 7.11 Å². The molecule has 1 rings (SSSR count). The van der Waals surface area contributed by atoms with Crippen LogP contribution in [0.4, 0.5) is 5.69 Å². The molecule has 3 N–H and O–H groups in total. The van der Waals surface area contributed by atoms with Crippen molar-refractivity contribution in [3.05, 3.63) is 18.2 Å². The van der Waals surface area contributed by atoms with Crippen molar-refractivity contribution < 1.29 is 17.9 Å². The van der Waals surface area contributed by atoms with Crippen LogP contribution in [0.15, 0.2) is 23.1 Å². The number of sulfonamides is 1. The molecule has 0 heterocycles. The molecule has 0 saturated carbocycles. The van der Waals surface area contributed by atoms with Gasteiger partial charge in [-0.15, -0.1) is 0 Å². The number of amides is 1. The fourth-order valence-corrected chi connectivity index (χ4v) is 2.56. The van der Waals surface area contributed by atoms with Crippen LogP contribution in [0.2, 0.25) is 0 Å². The van der Waals surface area contributed by atoms with E-state index >= 15 is 0 Å². The minimum absolute atomic E-state index is 0.0201. The number of nitrogens with zero attached hydrogens (tertiary/aromatic N) is 1. The Kier molecular flexibility index (Phi) is 4.96. The summed E-state index contributed by atoms with van der Waals surface area (Å²) in [5.41, 5.74) is 5.63. The summed E-state index contributed by atoms with van der Waals surface area (Å²) in [7, 11) is 0.609. The Labute approximate surface area is 118 Å². The second-order valence-electron chi connectivity index (χ2n) is 4.42. The Morgan fingerprint density at radius 3 is 2.45 bits per heavy atom. The normalized spacial score (nSPS) is 13.1. The van der Waals surface area contributed by atoms with Gasteiger partial charge in [0, 0.05) is 19.8 Å². The molecule has 7 nitrogen and oxygen atoms in total. The fraction of sp³-hybridized carbons (Fsp3) is 0.417. The number of anilines is 1. The molecule has 0 bridgehead atoms. The minimum atomic E-state index is -3.65. The van der Waals surface area contributed by atoms with Gasteiger partial charge in [-0.2, -0.15) is 0 Å². The highest BCUT2D eigenvalue weighted by atomic mass is 32.2. The van der Waals surface area contributed by atoms with Crippen molar-refractivity contribution in [3.8, 4) is 5.75 Å². The van der Waals surface area contributed by atoms with Gasteiger partial charge in [0.15, 0.2) is 0 Å². The number of nitrogens with one attached hydrogen (secondary N) is 1. The number of benzene rings is 1. The van der Waals surface area contributed by atoms with Crippen LogP contribution in [-0.4, -0.2) is 45.9 Å². The Morgan fingerprint density at radius 1 is 1.40 bits per heavy atom. The maximum atomic E-state index is 12.2. The maximum absolute atomic E-state index is 12.2. The Bertz CT molecular complexity index is 599. The summed E-state index contributed by atoms with van der Waals surface area (Å²) >= 11 is 0. The van der Waals surface area contributed by atoms with Crippen molar-refractivity contribution in [3.63, 3.8) is 0 Å². The van der Waals surface area contributed by atoms with Crippen LogP contribution < -0.4 is 15.8 Å². The molecule has 0 aliphatic carbocycles. The average Bonchev–Trinajstić information content (AvgIpc) is 2.38. The van der Waals surface area contributed by atoms with E-state index in [2.05, 4.69) is 5.32 Å². The van der Waals surface area contributed by atoms with Crippen LogP contribution in [-0.2, 0) is 14.8 Å². The Hall–Kier alpha value is -1.80. The number of rotatable bonds is 6. The molecule has 0 aliphatic heterocycles. The van der Waals surface area contributed by atoms with Crippen molar-refractivity contribution in [1.29, 1.82) is 0 Å². The van der Waals surface area contributed by atoms with Gasteiger partial charge >= 0.3 is 0 Å². The van der Waals surface area contributed by atoms with Crippen LogP contribution in [0, 0.1) is 0 Å². The zero-order chi connectivity index (χ0) is 15.5. The quantitative estimate of drug-likeness (QED) is 0.783. The SMILES string of the molecule is COc1ccc(N[C@@H](C)C(N)=O)cc1S(=O)(=O)N(C)C. The predicted octanol–water partition coefficient (Wildman–Crippen LogP) is 0.231. The molecular weight excluding hydrogens is 282 g/mol. The second-order valence-corrected chi connectivity index (χ2v) is 6.54. The second kappa shape index (κ2) is 6.10. The van der Waals surface area contributed by atoms with E-state index in [1.54, 1.807) is 13.0 Å². The minimum Gasteiger partial charge on any atom is -0.495 e. The first-order chi connectivity index (χ1) is 9.20. The van der Waals surface area contributed by atoms with Gasteiger partial charge in [-0.25, -0.2) is 12.7 Å². The third-order valence-corrected chi connectivity index (χ3v) is 4.57. The lowest BCUT2D eigenvalue weighted by atomic mass is 10.2. The molecule has 0 saturated heterocycles. The standard InChI is InChI=1S/C12H19N3O4S/c1-8(12(13)16)14-9-5-6-10(19-4)11(7-9)20(17,18)15(2)3/h5-8,14H,1-4H3,(H2,13,16)/t8-/m0/s1. The molecule has 112 valence electrons. The van der Waals surface area contributed by atoms with E-state index in [-0.39, 0.29) is 10.6 Å². The zero-order valence-electron chi connectivity index (χ0n) is 11.9. The average molecular weight is 301 g/mol. The van der Waals surface area contributed by atoms with Crippen molar-refractivity contribution in [1.82, 2.24) is 4.31 Å². The van der Waals surface area contributed by atoms with Crippen LogP contribution in [0.3, 0.4) is 0 Å². The smallest absolute Gasteiger partial charge is 0.246 e. The number of hydrogen-bond donors (Lipinski definition) is 2. The lowest BCUT2D eigenvalue weighted by molar-refractivity contribution is -0.118. The van der Waals surface area contributed by atoms with E-state index in [0.717, 1.165) is 4.31 Å². The highest BCUT2D eigenvalue weighted by molar-refractivity contribution is 7.89. The van der Waals surface area contributed by atoms with E-state index in [9.17, 15) is 13.2 Å². The van der Waals surface area contributed by atoms with Gasteiger partial charge in [0.1, 0.15) is 16.7 Å². The molecule has 1 aromatic carbocycles. The summed E-state index contributed by atoms with van der Waals surface area (Å²) in [6.45, 7) is 1.59. The zero-order valence-corrected chi connectivity index (χ0v) is 12.7. The lowest BCUT2D eigenvalue weighted by Crippen LogP contribution is -2.32. The summed E-state index contributed by atoms with van der Waals surface area (Å²) in [5, 5.41) is 2.83. The highest BCUT2D eigenvalue weighted by Crippen LogP contribution is 2.29. The first kappa shape index (κ1) is 16.3. The van der Waals surface area contributed by atoms with Gasteiger partial charge in [0.2, 0.25) is 15.9 Å². The first-order valence-electron chi connectivity index (χ1n) is 5.86. The van der Waals surface area contributed by atoms with E-state index < -0.39 is 22.0 Å². The fourth-order valence-electron chi connectivity index (χ4n) is 1.49. The number of ether oxygens (including phenoxy) is 1. The highest BCUT2D eigenvalue weighted by Gasteiger charge is 2.23. The summed E-state index contributed by atoms with van der Waals surface area (Å²) in [6, 6.07) is 3.94. The van der Waals surface area contributed by atoms with Crippen LogP contribution >= 0.6 is 0 Å². The number of primary amides is 1. The van der Waals surface area contributed by atoms with Crippen molar-refractivity contribution >= 4 is 21.6 Å². The van der Waals surface area contributed by atoms with Gasteiger partial charge in [0.25, 0.3) is 0 Å². The number of carbonyl (C=O) groups is 1. The van der Waals surface area contributed by atoms with Crippen molar-refractivity contribution in [2.75, 3.05) is 26.5 Å². The summed E-state index contributed by atoms with van der Waals surface area (Å²) in [5.74, 6) is -0.297. The van der Waals surface area contributed by atoms with Crippen LogP contribution in [0.25, 0.3) is 0 Å². The molecule has 0 fully saturated rings. The Balaban J connectivity index is 3.26. The molecule has 0 radical (unpaired) electrons. The Morgan fingerprint density at radius 2 is 2.00 bits per heavy atom. The molecule has 20 heavy (non-hydrogen) atoms. The van der Waals surface area contributed by atoms with E-state index in [1.165, 1.54) is 33.3 Å². The number of hydrogen-bond acceptors (Lipinski definition) is 5. The molecule has 8 heteroatoms. The molecule has 0 aliphatic rings. The molecule has 0 spiro atoms. The third-order valence-electron chi connectivity index (χ3n) is 2.73. The third kappa shape index (κ3) is 3.40. The molecule has 0 aromatic heterocycles. The molecular formula is C12H19N3O4S. The van der Waals surface area contributed by atoms with Crippen LogP contribution in [0.5, 0.6) is 5.75 Å². The molecule has 0 unspecified atom stereocenters. The molecule has 1 aromatic rings. The van der Waals surface area contributed by atoms with Gasteiger partial charge in [-0.1, -0.05) is 0 Å². The number of nitrogens with two attached hydrogens (primary N) is 1. The van der Waals surface area contributed by atoms with Crippen molar-refractivity contribution in [2.24, 2.45) is 5.73 Å². The maximum Gasteiger partial charge on any atom is 0.246 e. The van der Waals surface area contributed by atoms with Gasteiger partial charge < -0.3 is 15.8 Å². The van der Waals surface area contributed by atoms with Crippen LogP contribution in [0.1, 0.15) is 6.92 Å². The predicted molar refractivity (Wildman–Crippen MR) is 76.1 cm³/mol. The van der Waals surface area contributed by atoms with Gasteiger partial charge in [-0.3, -0.25) is 4.79 Å². The lowest BCUT2D eigenvalue weighted by Gasteiger charge is -2.17. The molecule has 1 amide bonds. The van der Waals surface area contributed by atoms with Gasteiger partial charge in [-0.05, 0) is 25.1 Å². The van der Waals surface area contributed by atoms with E-state index in [1.807, 2.05) is 0 Å². The monoisotopic (exact) mass is 301 g/mol. The number of methoxy groups -OCH3 is 1. The topological polar surface area (TPSA) is 102 Å². The first-order valence-corrected chi connectivity index (χ1v) is 7.30.